The van der Waals surface area contributed by atoms with E-state index in [1.165, 1.54) is 6.07 Å². The zero-order valence-electron chi connectivity index (χ0n) is 15.9. The molecule has 0 aliphatic heterocycles. The minimum absolute atomic E-state index is 0. The van der Waals surface area contributed by atoms with Crippen molar-refractivity contribution in [2.45, 2.75) is 18.6 Å². The minimum atomic E-state index is -3.14. The number of hydrogen-bond donors (Lipinski definition) is 2. The first-order valence-corrected chi connectivity index (χ1v) is 10.7. The highest BCUT2D eigenvalue weighted by atomic mass is 127. The van der Waals surface area contributed by atoms with Gasteiger partial charge in [-0.2, -0.15) is 0 Å². The van der Waals surface area contributed by atoms with Crippen molar-refractivity contribution in [1.29, 1.82) is 0 Å². The van der Waals surface area contributed by atoms with Gasteiger partial charge in [0, 0.05) is 20.1 Å². The summed E-state index contributed by atoms with van der Waals surface area (Å²) >= 11 is 0. The third kappa shape index (κ3) is 9.01. The predicted molar refractivity (Wildman–Crippen MR) is 123 cm³/mol. The molecule has 2 aromatic rings. The fourth-order valence-corrected chi connectivity index (χ4v) is 4.07. The lowest BCUT2D eigenvalue weighted by atomic mass is 10.1. The number of rotatable bonds is 9. The van der Waals surface area contributed by atoms with Gasteiger partial charge in [-0.1, -0.05) is 48.5 Å². The van der Waals surface area contributed by atoms with Crippen molar-refractivity contribution in [2.24, 2.45) is 4.99 Å². The molecule has 154 valence electrons. The van der Waals surface area contributed by atoms with E-state index < -0.39 is 9.84 Å². The molecule has 2 rings (SSSR count). The highest BCUT2D eigenvalue weighted by molar-refractivity contribution is 14.0. The fraction of sp³-hybridized carbons (Fsp3) is 0.350. The molecule has 2 aromatic carbocycles. The molecular weight excluding hydrogens is 492 g/mol. The smallest absolute Gasteiger partial charge is 0.190 e. The van der Waals surface area contributed by atoms with Crippen molar-refractivity contribution >= 4 is 39.8 Å². The number of guanidine groups is 1. The van der Waals surface area contributed by atoms with E-state index in [0.29, 0.717) is 37.5 Å². The van der Waals surface area contributed by atoms with Gasteiger partial charge in [0.05, 0.1) is 11.5 Å². The van der Waals surface area contributed by atoms with Crippen LogP contribution < -0.4 is 10.6 Å². The molecule has 0 radical (unpaired) electrons. The van der Waals surface area contributed by atoms with Crippen molar-refractivity contribution in [3.63, 3.8) is 0 Å². The molecule has 8 heteroatoms. The zero-order valence-corrected chi connectivity index (χ0v) is 19.0. The van der Waals surface area contributed by atoms with Gasteiger partial charge in [-0.25, -0.2) is 12.8 Å². The second-order valence-corrected chi connectivity index (χ2v) is 8.38. The zero-order chi connectivity index (χ0) is 19.5. The quantitative estimate of drug-likeness (QED) is 0.231. The first-order valence-electron chi connectivity index (χ1n) is 8.92. The van der Waals surface area contributed by atoms with Gasteiger partial charge in [0.2, 0.25) is 0 Å². The number of benzene rings is 2. The minimum Gasteiger partial charge on any atom is -0.356 e. The number of sulfone groups is 1. The van der Waals surface area contributed by atoms with Gasteiger partial charge in [-0.05, 0) is 30.0 Å². The van der Waals surface area contributed by atoms with Crippen LogP contribution >= 0.6 is 24.0 Å². The van der Waals surface area contributed by atoms with Gasteiger partial charge < -0.3 is 10.6 Å². The van der Waals surface area contributed by atoms with Crippen LogP contribution in [0.3, 0.4) is 0 Å². The molecule has 0 aliphatic rings. The standard InChI is InChI=1S/C20H26FN3O2S.HI/c1-22-20(24-14-12-18-10-5-6-11-19(18)21)23-13-7-15-27(25,26)16-17-8-3-2-4-9-17;/h2-6,8-11H,7,12-16H2,1H3,(H2,22,23,24);1H. The summed E-state index contributed by atoms with van der Waals surface area (Å²) < 4.78 is 37.9. The van der Waals surface area contributed by atoms with Crippen molar-refractivity contribution in [3.8, 4) is 0 Å². The van der Waals surface area contributed by atoms with Crippen LogP contribution in [0, 0.1) is 5.82 Å². The number of halogens is 2. The van der Waals surface area contributed by atoms with Crippen molar-refractivity contribution in [1.82, 2.24) is 10.6 Å². The molecule has 2 N–H and O–H groups in total. The summed E-state index contributed by atoms with van der Waals surface area (Å²) in [5, 5.41) is 6.19. The molecule has 0 unspecified atom stereocenters. The normalized spacial score (nSPS) is 11.6. The SMILES string of the molecule is CN=C(NCCCS(=O)(=O)Cc1ccccc1)NCCc1ccccc1F.I. The van der Waals surface area contributed by atoms with E-state index in [4.69, 9.17) is 0 Å². The van der Waals surface area contributed by atoms with Crippen LogP contribution in [0.15, 0.2) is 59.6 Å². The van der Waals surface area contributed by atoms with Gasteiger partial charge in [0.15, 0.2) is 15.8 Å². The first kappa shape index (κ1) is 24.4. The van der Waals surface area contributed by atoms with Crippen LogP contribution in [-0.4, -0.2) is 40.3 Å². The summed E-state index contributed by atoms with van der Waals surface area (Å²) in [6.07, 6.45) is 1.03. The Hall–Kier alpha value is -1.68. The van der Waals surface area contributed by atoms with E-state index in [9.17, 15) is 12.8 Å². The molecule has 0 bridgehead atoms. The third-order valence-electron chi connectivity index (χ3n) is 4.02. The summed E-state index contributed by atoms with van der Waals surface area (Å²) in [6, 6.07) is 15.8. The predicted octanol–water partition coefficient (Wildman–Crippen LogP) is 3.16. The van der Waals surface area contributed by atoms with E-state index in [1.807, 2.05) is 30.3 Å². The maximum Gasteiger partial charge on any atom is 0.190 e. The van der Waals surface area contributed by atoms with Crippen LogP contribution in [0.4, 0.5) is 4.39 Å². The summed E-state index contributed by atoms with van der Waals surface area (Å²) in [7, 11) is -1.50. The number of hydrogen-bond acceptors (Lipinski definition) is 3. The summed E-state index contributed by atoms with van der Waals surface area (Å²) in [5.74, 6) is 0.530. The molecule has 28 heavy (non-hydrogen) atoms. The molecule has 0 saturated heterocycles. The van der Waals surface area contributed by atoms with E-state index in [2.05, 4.69) is 15.6 Å². The molecular formula is C20H27FIN3O2S. The van der Waals surface area contributed by atoms with E-state index in [-0.39, 0.29) is 41.3 Å². The first-order chi connectivity index (χ1) is 13.0. The van der Waals surface area contributed by atoms with Gasteiger partial charge in [0.25, 0.3) is 0 Å². The molecule has 0 amide bonds. The molecule has 0 aromatic heterocycles. The lowest BCUT2D eigenvalue weighted by Gasteiger charge is -2.12. The largest absolute Gasteiger partial charge is 0.356 e. The Kier molecular flexibility index (Phi) is 11.1. The Labute approximate surface area is 183 Å². The average molecular weight is 519 g/mol. The van der Waals surface area contributed by atoms with Gasteiger partial charge in [0.1, 0.15) is 5.82 Å². The average Bonchev–Trinajstić information content (AvgIpc) is 2.65. The topological polar surface area (TPSA) is 70.6 Å². The molecule has 0 spiro atoms. The Morgan fingerprint density at radius 2 is 1.64 bits per heavy atom. The number of nitrogens with one attached hydrogen (secondary N) is 2. The van der Waals surface area contributed by atoms with Crippen LogP contribution in [0.1, 0.15) is 17.5 Å². The summed E-state index contributed by atoms with van der Waals surface area (Å²) in [6.45, 7) is 1.03. The second kappa shape index (κ2) is 12.7. The highest BCUT2D eigenvalue weighted by Crippen LogP contribution is 2.07. The van der Waals surface area contributed by atoms with E-state index >= 15 is 0 Å². The monoisotopic (exact) mass is 519 g/mol. The van der Waals surface area contributed by atoms with E-state index in [1.54, 1.807) is 25.2 Å². The number of aliphatic imine (C=N–C) groups is 1. The number of nitrogens with zero attached hydrogens (tertiary/aromatic N) is 1. The third-order valence-corrected chi connectivity index (χ3v) is 5.71. The summed E-state index contributed by atoms with van der Waals surface area (Å²) in [4.78, 5) is 4.09. The lowest BCUT2D eigenvalue weighted by molar-refractivity contribution is 0.591. The Bertz CT molecular complexity index is 846. The fourth-order valence-electron chi connectivity index (χ4n) is 2.64. The maximum atomic E-state index is 13.6. The lowest BCUT2D eigenvalue weighted by Crippen LogP contribution is -2.39. The highest BCUT2D eigenvalue weighted by Gasteiger charge is 2.11. The van der Waals surface area contributed by atoms with E-state index in [0.717, 1.165) is 5.56 Å². The van der Waals surface area contributed by atoms with Crippen LogP contribution in [0.5, 0.6) is 0 Å². The molecule has 5 nitrogen and oxygen atoms in total. The molecule has 0 heterocycles. The van der Waals surface area contributed by atoms with Crippen molar-refractivity contribution < 1.29 is 12.8 Å². The molecule has 0 atom stereocenters. The van der Waals surface area contributed by atoms with Gasteiger partial charge in [-0.15, -0.1) is 24.0 Å². The van der Waals surface area contributed by atoms with Gasteiger partial charge >= 0.3 is 0 Å². The van der Waals surface area contributed by atoms with Crippen LogP contribution in [-0.2, 0) is 22.0 Å². The maximum absolute atomic E-state index is 13.6. The Balaban J connectivity index is 0.00000392. The van der Waals surface area contributed by atoms with Crippen LogP contribution in [0.2, 0.25) is 0 Å². The second-order valence-electron chi connectivity index (χ2n) is 6.20. The van der Waals surface area contributed by atoms with Crippen molar-refractivity contribution in [2.75, 3.05) is 25.9 Å². The van der Waals surface area contributed by atoms with Gasteiger partial charge in [-0.3, -0.25) is 4.99 Å². The molecule has 0 fully saturated rings. The molecule has 0 saturated carbocycles. The Morgan fingerprint density at radius 1 is 1.00 bits per heavy atom. The molecule has 0 aliphatic carbocycles. The van der Waals surface area contributed by atoms with Crippen molar-refractivity contribution in [3.05, 3.63) is 71.5 Å². The Morgan fingerprint density at radius 3 is 2.32 bits per heavy atom. The summed E-state index contributed by atoms with van der Waals surface area (Å²) in [5.41, 5.74) is 1.45. The van der Waals surface area contributed by atoms with Crippen LogP contribution in [0.25, 0.3) is 0 Å².